The van der Waals surface area contributed by atoms with Crippen LogP contribution in [0, 0.1) is 5.92 Å². The van der Waals surface area contributed by atoms with E-state index >= 15 is 0 Å². The number of carboxylic acids is 1. The lowest BCUT2D eigenvalue weighted by Gasteiger charge is -2.14. The number of nitrogens with one attached hydrogen (secondary N) is 2. The molecule has 7 heteroatoms. The number of methoxy groups -OCH3 is 1. The van der Waals surface area contributed by atoms with Gasteiger partial charge in [0.05, 0.1) is 23.7 Å². The molecule has 2 amide bonds. The molecule has 0 fully saturated rings. The number of carboxylic acid groups (broad SMARTS) is 1. The van der Waals surface area contributed by atoms with Crippen molar-refractivity contribution in [3.05, 3.63) is 23.2 Å². The molecule has 0 radical (unpaired) electrons. The molecule has 0 bridgehead atoms. The number of ether oxygens (including phenoxy) is 1. The summed E-state index contributed by atoms with van der Waals surface area (Å²) in [7, 11) is 1.51. The van der Waals surface area contributed by atoms with Crippen molar-refractivity contribution in [2.45, 2.75) is 19.8 Å². The quantitative estimate of drug-likeness (QED) is 0.722. The molecule has 6 nitrogen and oxygen atoms in total. The van der Waals surface area contributed by atoms with Crippen LogP contribution in [0.3, 0.4) is 0 Å². The summed E-state index contributed by atoms with van der Waals surface area (Å²) in [5.74, 6) is -0.956. The van der Waals surface area contributed by atoms with Crippen LogP contribution in [0.15, 0.2) is 18.2 Å². The van der Waals surface area contributed by atoms with Crippen molar-refractivity contribution in [1.29, 1.82) is 0 Å². The Hall–Kier alpha value is -1.95. The van der Waals surface area contributed by atoms with Gasteiger partial charge in [0.2, 0.25) is 0 Å². The van der Waals surface area contributed by atoms with Crippen LogP contribution in [0.2, 0.25) is 5.02 Å². The van der Waals surface area contributed by atoms with Crippen LogP contribution in [0.1, 0.15) is 19.8 Å². The Morgan fingerprint density at radius 3 is 2.71 bits per heavy atom. The van der Waals surface area contributed by atoms with Crippen LogP contribution < -0.4 is 15.4 Å². The summed E-state index contributed by atoms with van der Waals surface area (Å²) in [6.45, 7) is 1.96. The second-order valence-electron chi connectivity index (χ2n) is 4.50. The van der Waals surface area contributed by atoms with E-state index < -0.39 is 17.9 Å². The lowest BCUT2D eigenvalue weighted by molar-refractivity contribution is -0.141. The maximum Gasteiger partial charge on any atom is 0.319 e. The fourth-order valence-electron chi connectivity index (χ4n) is 1.77. The third-order valence-corrected chi connectivity index (χ3v) is 3.25. The number of rotatable bonds is 7. The predicted octanol–water partition coefficient (Wildman–Crippen LogP) is 2.97. The van der Waals surface area contributed by atoms with Gasteiger partial charge in [-0.05, 0) is 18.6 Å². The molecular formula is C14H19ClN2O4. The molecule has 0 aliphatic rings. The summed E-state index contributed by atoms with van der Waals surface area (Å²) in [6.07, 6.45) is 1.25. The zero-order valence-corrected chi connectivity index (χ0v) is 12.7. The third-order valence-electron chi connectivity index (χ3n) is 2.92. The number of hydrogen-bond acceptors (Lipinski definition) is 3. The number of anilines is 1. The topological polar surface area (TPSA) is 87.7 Å². The average Bonchev–Trinajstić information content (AvgIpc) is 2.45. The first-order valence-electron chi connectivity index (χ1n) is 6.59. The Labute approximate surface area is 128 Å². The molecular weight excluding hydrogens is 296 g/mol. The molecule has 0 saturated heterocycles. The highest BCUT2D eigenvalue weighted by Crippen LogP contribution is 2.26. The van der Waals surface area contributed by atoms with E-state index in [4.69, 9.17) is 21.4 Å². The van der Waals surface area contributed by atoms with Crippen LogP contribution in [-0.2, 0) is 4.79 Å². The van der Waals surface area contributed by atoms with Gasteiger partial charge in [0.1, 0.15) is 5.75 Å². The SMILES string of the molecule is CCCC(CNC(=O)Nc1cc(OC)ccc1Cl)C(=O)O. The average molecular weight is 315 g/mol. The minimum Gasteiger partial charge on any atom is -0.497 e. The van der Waals surface area contributed by atoms with Gasteiger partial charge >= 0.3 is 12.0 Å². The maximum atomic E-state index is 11.8. The van der Waals surface area contributed by atoms with E-state index in [1.54, 1.807) is 18.2 Å². The second kappa shape index (κ2) is 8.36. The standard InChI is InChI=1S/C14H19ClN2O4/c1-3-4-9(13(18)19)8-16-14(20)17-12-7-10(21-2)5-6-11(12)15/h5-7,9H,3-4,8H2,1-2H3,(H,18,19)(H2,16,17,20). The first-order chi connectivity index (χ1) is 9.97. The van der Waals surface area contributed by atoms with Crippen molar-refractivity contribution in [3.63, 3.8) is 0 Å². The molecule has 21 heavy (non-hydrogen) atoms. The summed E-state index contributed by atoms with van der Waals surface area (Å²) in [5.41, 5.74) is 0.399. The molecule has 1 aromatic carbocycles. The zero-order chi connectivity index (χ0) is 15.8. The van der Waals surface area contributed by atoms with E-state index in [1.807, 2.05) is 6.92 Å². The van der Waals surface area contributed by atoms with Crippen molar-refractivity contribution < 1.29 is 19.4 Å². The smallest absolute Gasteiger partial charge is 0.319 e. The van der Waals surface area contributed by atoms with E-state index in [0.717, 1.165) is 6.42 Å². The summed E-state index contributed by atoms with van der Waals surface area (Å²) in [4.78, 5) is 22.8. The molecule has 3 N–H and O–H groups in total. The van der Waals surface area contributed by atoms with Gasteiger partial charge in [-0.3, -0.25) is 4.79 Å². The fourth-order valence-corrected chi connectivity index (χ4v) is 1.94. The molecule has 1 atom stereocenters. The maximum absolute atomic E-state index is 11.8. The lowest BCUT2D eigenvalue weighted by Crippen LogP contribution is -2.35. The Kier molecular flexibility index (Phi) is 6.81. The monoisotopic (exact) mass is 314 g/mol. The molecule has 1 unspecified atom stereocenters. The zero-order valence-electron chi connectivity index (χ0n) is 12.0. The third kappa shape index (κ3) is 5.51. The molecule has 0 saturated carbocycles. The van der Waals surface area contributed by atoms with Crippen molar-refractivity contribution in [2.75, 3.05) is 19.0 Å². The van der Waals surface area contributed by atoms with Gasteiger partial charge in [0.25, 0.3) is 0 Å². The fraction of sp³-hybridized carbons (Fsp3) is 0.429. The molecule has 0 spiro atoms. The van der Waals surface area contributed by atoms with Gasteiger partial charge in [-0.25, -0.2) is 4.79 Å². The Morgan fingerprint density at radius 2 is 2.14 bits per heavy atom. The summed E-state index contributed by atoms with van der Waals surface area (Å²) in [6, 6.07) is 4.36. The molecule has 0 aliphatic heterocycles. The van der Waals surface area contributed by atoms with Crippen molar-refractivity contribution in [2.24, 2.45) is 5.92 Å². The van der Waals surface area contributed by atoms with Crippen molar-refractivity contribution in [3.8, 4) is 5.75 Å². The highest BCUT2D eigenvalue weighted by Gasteiger charge is 2.17. The number of benzene rings is 1. The van der Waals surface area contributed by atoms with Crippen LogP contribution >= 0.6 is 11.6 Å². The van der Waals surface area contributed by atoms with Gasteiger partial charge in [0.15, 0.2) is 0 Å². The second-order valence-corrected chi connectivity index (χ2v) is 4.91. The van der Waals surface area contributed by atoms with E-state index in [-0.39, 0.29) is 6.54 Å². The number of halogens is 1. The van der Waals surface area contributed by atoms with E-state index in [9.17, 15) is 9.59 Å². The van der Waals surface area contributed by atoms with Crippen LogP contribution in [0.25, 0.3) is 0 Å². The highest BCUT2D eigenvalue weighted by atomic mass is 35.5. The number of hydrogen-bond donors (Lipinski definition) is 3. The van der Waals surface area contributed by atoms with Gasteiger partial charge in [-0.2, -0.15) is 0 Å². The number of amides is 2. The summed E-state index contributed by atoms with van der Waals surface area (Å²) >= 11 is 5.97. The number of urea groups is 1. The van der Waals surface area contributed by atoms with Crippen LogP contribution in [-0.4, -0.2) is 30.8 Å². The summed E-state index contributed by atoms with van der Waals surface area (Å²) in [5, 5.41) is 14.5. The molecule has 1 rings (SSSR count). The van der Waals surface area contributed by atoms with Crippen LogP contribution in [0.4, 0.5) is 10.5 Å². The van der Waals surface area contributed by atoms with Crippen molar-refractivity contribution >= 4 is 29.3 Å². The van der Waals surface area contributed by atoms with Crippen LogP contribution in [0.5, 0.6) is 5.75 Å². The molecule has 1 aromatic rings. The van der Waals surface area contributed by atoms with E-state index in [1.165, 1.54) is 7.11 Å². The molecule has 116 valence electrons. The van der Waals surface area contributed by atoms with Gasteiger partial charge in [-0.1, -0.05) is 24.9 Å². The Bertz CT molecular complexity index is 508. The molecule has 0 aliphatic carbocycles. The van der Waals surface area contributed by atoms with Crippen molar-refractivity contribution in [1.82, 2.24) is 5.32 Å². The van der Waals surface area contributed by atoms with Gasteiger partial charge in [-0.15, -0.1) is 0 Å². The normalized spacial score (nSPS) is 11.6. The minimum absolute atomic E-state index is 0.0661. The molecule has 0 aromatic heterocycles. The number of carbonyl (C=O) groups is 2. The lowest BCUT2D eigenvalue weighted by atomic mass is 10.0. The predicted molar refractivity (Wildman–Crippen MR) is 81.1 cm³/mol. The molecule has 0 heterocycles. The van der Waals surface area contributed by atoms with Gasteiger partial charge < -0.3 is 20.5 Å². The minimum atomic E-state index is -0.920. The number of carbonyl (C=O) groups excluding carboxylic acids is 1. The largest absolute Gasteiger partial charge is 0.497 e. The number of aliphatic carboxylic acids is 1. The van der Waals surface area contributed by atoms with Gasteiger partial charge in [0, 0.05) is 12.6 Å². The Balaban J connectivity index is 2.59. The highest BCUT2D eigenvalue weighted by molar-refractivity contribution is 6.33. The first kappa shape index (κ1) is 17.1. The first-order valence-corrected chi connectivity index (χ1v) is 6.97. The Morgan fingerprint density at radius 1 is 1.43 bits per heavy atom. The summed E-state index contributed by atoms with van der Waals surface area (Å²) < 4.78 is 5.04. The van der Waals surface area contributed by atoms with E-state index in [2.05, 4.69) is 10.6 Å². The van der Waals surface area contributed by atoms with E-state index in [0.29, 0.717) is 22.9 Å².